The highest BCUT2D eigenvalue weighted by Crippen LogP contribution is 2.09. The summed E-state index contributed by atoms with van der Waals surface area (Å²) in [7, 11) is 1.87. The van der Waals surface area contributed by atoms with Gasteiger partial charge < -0.3 is 0 Å². The average Bonchev–Trinajstić information content (AvgIpc) is 2.58. The molecule has 0 aliphatic heterocycles. The van der Waals surface area contributed by atoms with E-state index in [2.05, 4.69) is 5.10 Å². The third-order valence-electron chi connectivity index (χ3n) is 2.81. The number of rotatable bonds is 3. The maximum Gasteiger partial charge on any atom is 0.168 e. The Morgan fingerprint density at radius 3 is 2.41 bits per heavy atom. The SMILES string of the molecule is Cc1ccc(C(=O)Cc2cc(C)nn2C)cc1. The molecule has 2 aromatic rings. The third kappa shape index (κ3) is 2.61. The largest absolute Gasteiger partial charge is 0.294 e. The van der Waals surface area contributed by atoms with Crippen LogP contribution in [0, 0.1) is 13.8 Å². The van der Waals surface area contributed by atoms with E-state index < -0.39 is 0 Å². The molecule has 17 heavy (non-hydrogen) atoms. The zero-order valence-corrected chi connectivity index (χ0v) is 10.4. The van der Waals surface area contributed by atoms with E-state index in [-0.39, 0.29) is 5.78 Å². The molecule has 3 nitrogen and oxygen atoms in total. The lowest BCUT2D eigenvalue weighted by Crippen LogP contribution is -2.07. The van der Waals surface area contributed by atoms with Crippen molar-refractivity contribution in [2.75, 3.05) is 0 Å². The van der Waals surface area contributed by atoms with Crippen molar-refractivity contribution in [3.8, 4) is 0 Å². The van der Waals surface area contributed by atoms with E-state index in [0.717, 1.165) is 22.5 Å². The molecule has 1 aromatic carbocycles. The van der Waals surface area contributed by atoms with Crippen LogP contribution < -0.4 is 0 Å². The standard InChI is InChI=1S/C14H16N2O/c1-10-4-6-12(7-5-10)14(17)9-13-8-11(2)15-16(13)3/h4-8H,9H2,1-3H3. The summed E-state index contributed by atoms with van der Waals surface area (Å²) in [4.78, 5) is 12.0. The van der Waals surface area contributed by atoms with Crippen LogP contribution in [0.4, 0.5) is 0 Å². The summed E-state index contributed by atoms with van der Waals surface area (Å²) in [6.07, 6.45) is 0.403. The minimum Gasteiger partial charge on any atom is -0.294 e. The predicted octanol–water partition coefficient (Wildman–Crippen LogP) is 2.46. The van der Waals surface area contributed by atoms with Gasteiger partial charge in [0.1, 0.15) is 0 Å². The Morgan fingerprint density at radius 1 is 1.24 bits per heavy atom. The predicted molar refractivity (Wildman–Crippen MR) is 67.2 cm³/mol. The van der Waals surface area contributed by atoms with Gasteiger partial charge in [-0.1, -0.05) is 29.8 Å². The van der Waals surface area contributed by atoms with Crippen molar-refractivity contribution >= 4 is 5.78 Å². The van der Waals surface area contributed by atoms with Gasteiger partial charge in [-0.05, 0) is 19.9 Å². The first-order valence-electron chi connectivity index (χ1n) is 5.65. The van der Waals surface area contributed by atoms with E-state index in [1.165, 1.54) is 0 Å². The van der Waals surface area contributed by atoms with Gasteiger partial charge in [0, 0.05) is 18.3 Å². The maximum atomic E-state index is 12.0. The van der Waals surface area contributed by atoms with Crippen LogP contribution >= 0.6 is 0 Å². The first-order valence-corrected chi connectivity index (χ1v) is 5.65. The first-order chi connectivity index (χ1) is 8.06. The minimum absolute atomic E-state index is 0.132. The molecule has 1 aromatic heterocycles. The van der Waals surface area contributed by atoms with Crippen LogP contribution in [-0.4, -0.2) is 15.6 Å². The number of hydrogen-bond donors (Lipinski definition) is 0. The summed E-state index contributed by atoms with van der Waals surface area (Å²) in [6.45, 7) is 3.94. The molecule has 0 bridgehead atoms. The van der Waals surface area contributed by atoms with E-state index in [4.69, 9.17) is 0 Å². The summed E-state index contributed by atoms with van der Waals surface area (Å²) in [6, 6.07) is 9.62. The first kappa shape index (κ1) is 11.6. The fraction of sp³-hybridized carbons (Fsp3) is 0.286. The highest BCUT2D eigenvalue weighted by atomic mass is 16.1. The summed E-state index contributed by atoms with van der Waals surface area (Å²) in [5, 5.41) is 4.24. The third-order valence-corrected chi connectivity index (χ3v) is 2.81. The Bertz CT molecular complexity index is 538. The summed E-state index contributed by atoms with van der Waals surface area (Å²) < 4.78 is 1.77. The lowest BCUT2D eigenvalue weighted by Gasteiger charge is -2.02. The number of Topliss-reactive ketones (excluding diaryl/α,β-unsaturated/α-hetero) is 1. The lowest BCUT2D eigenvalue weighted by molar-refractivity contribution is 0.0991. The van der Waals surface area contributed by atoms with Crippen LogP contribution in [0.2, 0.25) is 0 Å². The Hall–Kier alpha value is -1.90. The molecule has 0 saturated carbocycles. The second-order valence-electron chi connectivity index (χ2n) is 4.37. The van der Waals surface area contributed by atoms with Gasteiger partial charge in [0.15, 0.2) is 5.78 Å². The van der Waals surface area contributed by atoms with E-state index >= 15 is 0 Å². The van der Waals surface area contributed by atoms with Crippen molar-refractivity contribution in [2.45, 2.75) is 20.3 Å². The minimum atomic E-state index is 0.132. The van der Waals surface area contributed by atoms with Gasteiger partial charge in [0.05, 0.1) is 12.1 Å². The van der Waals surface area contributed by atoms with Crippen molar-refractivity contribution in [1.82, 2.24) is 9.78 Å². The molecule has 0 aliphatic carbocycles. The van der Waals surface area contributed by atoms with Gasteiger partial charge in [0.25, 0.3) is 0 Å². The number of aromatic nitrogens is 2. The molecule has 3 heteroatoms. The topological polar surface area (TPSA) is 34.9 Å². The second kappa shape index (κ2) is 4.53. The van der Waals surface area contributed by atoms with E-state index in [9.17, 15) is 4.79 Å². The van der Waals surface area contributed by atoms with Crippen LogP contribution in [0.3, 0.4) is 0 Å². The van der Waals surface area contributed by atoms with Crippen molar-refractivity contribution in [3.05, 3.63) is 52.8 Å². The maximum absolute atomic E-state index is 12.0. The molecule has 0 amide bonds. The molecule has 0 N–H and O–H groups in total. The van der Waals surface area contributed by atoms with Crippen LogP contribution in [0.15, 0.2) is 30.3 Å². The van der Waals surface area contributed by atoms with E-state index in [1.807, 2.05) is 51.2 Å². The number of aryl methyl sites for hydroxylation is 3. The Morgan fingerprint density at radius 2 is 1.88 bits per heavy atom. The molecular weight excluding hydrogens is 212 g/mol. The fourth-order valence-electron chi connectivity index (χ4n) is 1.84. The molecule has 0 aliphatic rings. The van der Waals surface area contributed by atoms with Crippen molar-refractivity contribution in [3.63, 3.8) is 0 Å². The van der Waals surface area contributed by atoms with Crippen LogP contribution in [0.5, 0.6) is 0 Å². The van der Waals surface area contributed by atoms with Gasteiger partial charge in [0.2, 0.25) is 0 Å². The monoisotopic (exact) mass is 228 g/mol. The number of hydrogen-bond acceptors (Lipinski definition) is 2. The zero-order chi connectivity index (χ0) is 12.4. The van der Waals surface area contributed by atoms with Crippen LogP contribution in [0.25, 0.3) is 0 Å². The van der Waals surface area contributed by atoms with Gasteiger partial charge in [-0.2, -0.15) is 5.10 Å². The molecule has 0 fully saturated rings. The molecular formula is C14H16N2O. The average molecular weight is 228 g/mol. The van der Waals surface area contributed by atoms with E-state index in [1.54, 1.807) is 4.68 Å². The quantitative estimate of drug-likeness (QED) is 0.756. The summed E-state index contributed by atoms with van der Waals surface area (Å²) in [5.74, 6) is 0.132. The number of carbonyl (C=O) groups excluding carboxylic acids is 1. The summed E-state index contributed by atoms with van der Waals surface area (Å²) >= 11 is 0. The Balaban J connectivity index is 2.17. The molecule has 0 atom stereocenters. The zero-order valence-electron chi connectivity index (χ0n) is 10.4. The van der Waals surface area contributed by atoms with E-state index in [0.29, 0.717) is 6.42 Å². The van der Waals surface area contributed by atoms with Gasteiger partial charge >= 0.3 is 0 Å². The Kier molecular flexibility index (Phi) is 3.09. The molecule has 0 radical (unpaired) electrons. The van der Waals surface area contributed by atoms with Crippen LogP contribution in [0.1, 0.15) is 27.3 Å². The molecule has 0 spiro atoms. The molecule has 88 valence electrons. The fourth-order valence-corrected chi connectivity index (χ4v) is 1.84. The molecule has 0 unspecified atom stereocenters. The van der Waals surface area contributed by atoms with Crippen molar-refractivity contribution in [1.29, 1.82) is 0 Å². The van der Waals surface area contributed by atoms with Crippen LogP contribution in [-0.2, 0) is 13.5 Å². The lowest BCUT2D eigenvalue weighted by atomic mass is 10.1. The normalized spacial score (nSPS) is 10.5. The van der Waals surface area contributed by atoms with Gasteiger partial charge in [-0.25, -0.2) is 0 Å². The number of ketones is 1. The highest BCUT2D eigenvalue weighted by Gasteiger charge is 2.10. The highest BCUT2D eigenvalue weighted by molar-refractivity contribution is 5.97. The number of carbonyl (C=O) groups is 1. The van der Waals surface area contributed by atoms with Crippen molar-refractivity contribution < 1.29 is 4.79 Å². The van der Waals surface area contributed by atoms with Gasteiger partial charge in [-0.15, -0.1) is 0 Å². The number of nitrogens with zero attached hydrogens (tertiary/aromatic N) is 2. The Labute approximate surface area is 101 Å². The van der Waals surface area contributed by atoms with Crippen molar-refractivity contribution in [2.24, 2.45) is 7.05 Å². The molecule has 2 rings (SSSR count). The van der Waals surface area contributed by atoms with Gasteiger partial charge in [-0.3, -0.25) is 9.48 Å². The molecule has 1 heterocycles. The molecule has 0 saturated heterocycles. The summed E-state index contributed by atoms with van der Waals surface area (Å²) in [5.41, 5.74) is 3.82. The smallest absolute Gasteiger partial charge is 0.168 e. The number of benzene rings is 1. The second-order valence-corrected chi connectivity index (χ2v) is 4.37.